The second-order valence-electron chi connectivity index (χ2n) is 5.01. The van der Waals surface area contributed by atoms with Crippen molar-refractivity contribution in [1.82, 2.24) is 4.90 Å². The molecule has 0 saturated heterocycles. The number of anilines is 1. The summed E-state index contributed by atoms with van der Waals surface area (Å²) in [6, 6.07) is 5.76. The average Bonchev–Trinajstić information content (AvgIpc) is 2.90. The molecule has 1 aromatic carbocycles. The van der Waals surface area contributed by atoms with Crippen molar-refractivity contribution < 1.29 is 13.2 Å². The van der Waals surface area contributed by atoms with E-state index in [1.165, 1.54) is 0 Å². The van der Waals surface area contributed by atoms with Crippen molar-refractivity contribution in [3.8, 4) is 5.75 Å². The van der Waals surface area contributed by atoms with Gasteiger partial charge in [0.15, 0.2) is 0 Å². The molecular formula is C13H17N3O3S. The Morgan fingerprint density at radius 1 is 1.45 bits per heavy atom. The molecule has 2 aliphatic rings. The predicted molar refractivity (Wildman–Crippen MR) is 77.8 cm³/mol. The molecule has 2 heterocycles. The predicted octanol–water partition coefficient (Wildman–Crippen LogP) is 1.23. The zero-order chi connectivity index (χ0) is 14.2. The van der Waals surface area contributed by atoms with E-state index in [4.69, 9.17) is 4.74 Å². The van der Waals surface area contributed by atoms with Crippen LogP contribution < -0.4 is 9.46 Å². The minimum Gasteiger partial charge on any atom is -0.491 e. The van der Waals surface area contributed by atoms with Gasteiger partial charge in [-0.2, -0.15) is 0 Å². The number of para-hydroxylation sites is 1. The van der Waals surface area contributed by atoms with Crippen LogP contribution in [-0.2, 0) is 10.0 Å². The summed E-state index contributed by atoms with van der Waals surface area (Å²) in [5.74, 6) is 0.634. The highest BCUT2D eigenvalue weighted by atomic mass is 32.2. The number of nitrogens with one attached hydrogen (secondary N) is 1. The number of hydrogen-bond donors (Lipinski definition) is 1. The summed E-state index contributed by atoms with van der Waals surface area (Å²) < 4.78 is 31.1. The number of hydrogen-bond acceptors (Lipinski definition) is 5. The van der Waals surface area contributed by atoms with Gasteiger partial charge in [0.05, 0.1) is 37.5 Å². The van der Waals surface area contributed by atoms with Crippen LogP contribution in [0, 0.1) is 0 Å². The van der Waals surface area contributed by atoms with E-state index in [-0.39, 0.29) is 6.04 Å². The molecule has 1 N–H and O–H groups in total. The Hall–Kier alpha value is -1.76. The lowest BCUT2D eigenvalue weighted by molar-refractivity contribution is 0.211. The van der Waals surface area contributed by atoms with E-state index >= 15 is 0 Å². The lowest BCUT2D eigenvalue weighted by Crippen LogP contribution is -2.30. The van der Waals surface area contributed by atoms with Gasteiger partial charge in [-0.1, -0.05) is 12.1 Å². The molecule has 7 heteroatoms. The lowest BCUT2D eigenvalue weighted by Gasteiger charge is -2.33. The zero-order valence-corrected chi connectivity index (χ0v) is 12.1. The Labute approximate surface area is 118 Å². The Kier molecular flexibility index (Phi) is 3.29. The molecule has 6 nitrogen and oxygen atoms in total. The normalized spacial score (nSPS) is 21.4. The largest absolute Gasteiger partial charge is 0.491 e. The van der Waals surface area contributed by atoms with Crippen LogP contribution >= 0.6 is 0 Å². The molecule has 1 atom stereocenters. The molecule has 2 aliphatic heterocycles. The highest BCUT2D eigenvalue weighted by Gasteiger charge is 2.28. The molecule has 0 bridgehead atoms. The highest BCUT2D eigenvalue weighted by molar-refractivity contribution is 7.92. The maximum atomic E-state index is 11.4. The molecule has 0 aromatic heterocycles. The first-order chi connectivity index (χ1) is 9.54. The summed E-state index contributed by atoms with van der Waals surface area (Å²) in [6.45, 7) is 2.28. The van der Waals surface area contributed by atoms with E-state index in [1.54, 1.807) is 6.07 Å². The van der Waals surface area contributed by atoms with E-state index in [9.17, 15) is 8.42 Å². The van der Waals surface area contributed by atoms with E-state index < -0.39 is 10.0 Å². The van der Waals surface area contributed by atoms with E-state index in [1.807, 2.05) is 18.5 Å². The van der Waals surface area contributed by atoms with Gasteiger partial charge in [-0.25, -0.2) is 8.42 Å². The van der Waals surface area contributed by atoms with Gasteiger partial charge in [0, 0.05) is 18.5 Å². The molecule has 0 aliphatic carbocycles. The van der Waals surface area contributed by atoms with Crippen LogP contribution in [0.1, 0.15) is 18.0 Å². The van der Waals surface area contributed by atoms with E-state index in [0.717, 1.165) is 31.3 Å². The molecule has 0 fully saturated rings. The van der Waals surface area contributed by atoms with Gasteiger partial charge >= 0.3 is 0 Å². The first-order valence-corrected chi connectivity index (χ1v) is 8.43. The van der Waals surface area contributed by atoms with Crippen LogP contribution in [0.15, 0.2) is 23.2 Å². The number of fused-ring (bicyclic) bond motifs is 1. The highest BCUT2D eigenvalue weighted by Crippen LogP contribution is 2.40. The maximum absolute atomic E-state index is 11.4. The number of ether oxygens (including phenoxy) is 1. The summed E-state index contributed by atoms with van der Waals surface area (Å²) >= 11 is 0. The molecule has 1 aromatic rings. The topological polar surface area (TPSA) is 71.0 Å². The van der Waals surface area contributed by atoms with Crippen molar-refractivity contribution in [3.63, 3.8) is 0 Å². The van der Waals surface area contributed by atoms with Crippen LogP contribution in [-0.4, -0.2) is 45.6 Å². The quantitative estimate of drug-likeness (QED) is 0.910. The van der Waals surface area contributed by atoms with Gasteiger partial charge in [0.2, 0.25) is 10.0 Å². The maximum Gasteiger partial charge on any atom is 0.229 e. The third-order valence-electron chi connectivity index (χ3n) is 3.46. The van der Waals surface area contributed by atoms with Crippen molar-refractivity contribution in [3.05, 3.63) is 23.8 Å². The summed E-state index contributed by atoms with van der Waals surface area (Å²) in [5.41, 5.74) is 1.52. The summed E-state index contributed by atoms with van der Waals surface area (Å²) in [4.78, 5) is 6.43. The molecule has 108 valence electrons. The van der Waals surface area contributed by atoms with Crippen molar-refractivity contribution in [1.29, 1.82) is 0 Å². The Morgan fingerprint density at radius 2 is 2.30 bits per heavy atom. The minimum atomic E-state index is -3.32. The second-order valence-corrected chi connectivity index (χ2v) is 6.76. The standard InChI is InChI=1S/C13H17N3O3S/c1-20(17,18)15-11-4-2-3-10-12(5-8-19-13(10)11)16-7-6-14-9-16/h2-4,9,12,15H,5-8H2,1H3. The third-order valence-corrected chi connectivity index (χ3v) is 4.05. The van der Waals surface area contributed by atoms with Gasteiger partial charge in [-0.15, -0.1) is 0 Å². The molecule has 0 radical (unpaired) electrons. The molecule has 0 amide bonds. The fourth-order valence-electron chi connectivity index (χ4n) is 2.66. The van der Waals surface area contributed by atoms with Crippen molar-refractivity contribution in [2.75, 3.05) is 30.7 Å². The lowest BCUT2D eigenvalue weighted by atomic mass is 9.98. The summed E-state index contributed by atoms with van der Waals surface area (Å²) in [5, 5.41) is 0. The van der Waals surface area contributed by atoms with E-state index in [2.05, 4.69) is 14.6 Å². The number of nitrogens with zero attached hydrogens (tertiary/aromatic N) is 2. The monoisotopic (exact) mass is 295 g/mol. The van der Waals surface area contributed by atoms with Crippen molar-refractivity contribution in [2.24, 2.45) is 4.99 Å². The van der Waals surface area contributed by atoms with Crippen LogP contribution in [0.25, 0.3) is 0 Å². The molecule has 1 unspecified atom stereocenters. The first-order valence-electron chi connectivity index (χ1n) is 6.54. The Morgan fingerprint density at radius 3 is 3.00 bits per heavy atom. The van der Waals surface area contributed by atoms with E-state index in [0.29, 0.717) is 18.0 Å². The van der Waals surface area contributed by atoms with Gasteiger partial charge in [0.1, 0.15) is 5.75 Å². The van der Waals surface area contributed by atoms with Gasteiger partial charge < -0.3 is 9.64 Å². The van der Waals surface area contributed by atoms with Crippen LogP contribution in [0.4, 0.5) is 5.69 Å². The minimum absolute atomic E-state index is 0.200. The van der Waals surface area contributed by atoms with Crippen LogP contribution in [0.5, 0.6) is 5.75 Å². The fraction of sp³-hybridized carbons (Fsp3) is 0.462. The van der Waals surface area contributed by atoms with Crippen molar-refractivity contribution >= 4 is 22.0 Å². The van der Waals surface area contributed by atoms with Gasteiger partial charge in [-0.3, -0.25) is 9.71 Å². The second kappa shape index (κ2) is 4.97. The molecule has 0 spiro atoms. The molecule has 3 rings (SSSR count). The zero-order valence-electron chi connectivity index (χ0n) is 11.2. The molecule has 20 heavy (non-hydrogen) atoms. The van der Waals surface area contributed by atoms with Crippen LogP contribution in [0.3, 0.4) is 0 Å². The average molecular weight is 295 g/mol. The number of benzene rings is 1. The van der Waals surface area contributed by atoms with Crippen molar-refractivity contribution in [2.45, 2.75) is 12.5 Å². The summed E-state index contributed by atoms with van der Waals surface area (Å²) in [7, 11) is -3.32. The SMILES string of the molecule is CS(=O)(=O)Nc1cccc2c1OCCC2N1C=NCC1. The van der Waals surface area contributed by atoms with Gasteiger partial charge in [-0.05, 0) is 6.07 Å². The Balaban J connectivity index is 1.98. The number of rotatable bonds is 3. The smallest absolute Gasteiger partial charge is 0.229 e. The number of sulfonamides is 1. The Bertz CT molecular complexity index is 642. The first kappa shape index (κ1) is 13.2. The summed E-state index contributed by atoms with van der Waals surface area (Å²) in [6.07, 6.45) is 3.89. The van der Waals surface area contributed by atoms with Crippen LogP contribution in [0.2, 0.25) is 0 Å². The third kappa shape index (κ3) is 2.58. The fourth-order valence-corrected chi connectivity index (χ4v) is 3.22. The molecule has 0 saturated carbocycles. The number of aliphatic imine (C=N–C) groups is 1. The van der Waals surface area contributed by atoms with Gasteiger partial charge in [0.25, 0.3) is 0 Å². The molecular weight excluding hydrogens is 278 g/mol.